The molecule has 0 radical (unpaired) electrons. The van der Waals surface area contributed by atoms with Crippen molar-refractivity contribution < 1.29 is 9.53 Å². The number of halogens is 3. The summed E-state index contributed by atoms with van der Waals surface area (Å²) < 4.78 is 5.57. The number of fused-ring (bicyclic) bond motifs is 1. The number of rotatable bonds is 3. The van der Waals surface area contributed by atoms with Crippen molar-refractivity contribution >= 4 is 51.7 Å². The summed E-state index contributed by atoms with van der Waals surface area (Å²) >= 11 is 18.1. The SMILES string of the molecule is Cc1cccc2c(C(=O)Oc3ccc(Cl)cc3Cl)cc(-c3ccc(Cl)cc3)nc12. The molecule has 29 heavy (non-hydrogen) atoms. The van der Waals surface area contributed by atoms with Crippen LogP contribution in [0.2, 0.25) is 15.1 Å². The minimum Gasteiger partial charge on any atom is -0.421 e. The van der Waals surface area contributed by atoms with Crippen LogP contribution in [0, 0.1) is 6.92 Å². The normalized spacial score (nSPS) is 10.9. The Morgan fingerprint density at radius 3 is 2.34 bits per heavy atom. The van der Waals surface area contributed by atoms with Crippen LogP contribution in [0.3, 0.4) is 0 Å². The molecule has 0 aliphatic heterocycles. The van der Waals surface area contributed by atoms with E-state index in [-0.39, 0.29) is 10.8 Å². The van der Waals surface area contributed by atoms with Gasteiger partial charge in [-0.15, -0.1) is 0 Å². The fourth-order valence-corrected chi connectivity index (χ4v) is 3.62. The second kappa shape index (κ2) is 8.03. The van der Waals surface area contributed by atoms with Crippen LogP contribution in [-0.4, -0.2) is 11.0 Å². The quantitative estimate of drug-likeness (QED) is 0.245. The largest absolute Gasteiger partial charge is 0.421 e. The van der Waals surface area contributed by atoms with E-state index in [0.29, 0.717) is 26.7 Å². The molecule has 0 fully saturated rings. The Morgan fingerprint density at radius 1 is 0.897 bits per heavy atom. The second-order valence-corrected chi connectivity index (χ2v) is 7.78. The third-order valence-corrected chi connectivity index (χ3v) is 5.28. The van der Waals surface area contributed by atoms with E-state index < -0.39 is 5.97 Å². The highest BCUT2D eigenvalue weighted by atomic mass is 35.5. The van der Waals surface area contributed by atoms with E-state index in [9.17, 15) is 4.79 Å². The third-order valence-electron chi connectivity index (χ3n) is 4.50. The first-order valence-electron chi connectivity index (χ1n) is 8.76. The number of para-hydroxylation sites is 1. The molecule has 0 saturated carbocycles. The van der Waals surface area contributed by atoms with Crippen LogP contribution in [0.1, 0.15) is 15.9 Å². The highest BCUT2D eigenvalue weighted by molar-refractivity contribution is 6.35. The van der Waals surface area contributed by atoms with Crippen molar-refractivity contribution in [1.82, 2.24) is 4.98 Å². The summed E-state index contributed by atoms with van der Waals surface area (Å²) in [6.45, 7) is 1.95. The standard InChI is InChI=1S/C23H14Cl3NO2/c1-13-3-2-4-17-18(23(28)29-21-10-9-16(25)11-19(21)26)12-20(27-22(13)17)14-5-7-15(24)8-6-14/h2-12H,1H3. The molecule has 4 aromatic rings. The smallest absolute Gasteiger partial charge is 0.344 e. The van der Waals surface area contributed by atoms with Gasteiger partial charge in [-0.3, -0.25) is 0 Å². The van der Waals surface area contributed by atoms with Gasteiger partial charge in [-0.25, -0.2) is 9.78 Å². The molecule has 0 N–H and O–H groups in total. The average molecular weight is 443 g/mol. The average Bonchev–Trinajstić information content (AvgIpc) is 2.70. The van der Waals surface area contributed by atoms with Crippen LogP contribution >= 0.6 is 34.8 Å². The van der Waals surface area contributed by atoms with Gasteiger partial charge in [-0.1, -0.05) is 65.1 Å². The van der Waals surface area contributed by atoms with Crippen LogP contribution < -0.4 is 4.74 Å². The van der Waals surface area contributed by atoms with Gasteiger partial charge in [0.05, 0.1) is 21.8 Å². The van der Waals surface area contributed by atoms with E-state index in [1.54, 1.807) is 30.3 Å². The fraction of sp³-hybridized carbons (Fsp3) is 0.0435. The van der Waals surface area contributed by atoms with Crippen LogP contribution in [0.4, 0.5) is 0 Å². The first-order valence-corrected chi connectivity index (χ1v) is 9.89. The number of hydrogen-bond donors (Lipinski definition) is 0. The molecule has 144 valence electrons. The number of carbonyl (C=O) groups excluding carboxylic acids is 1. The summed E-state index contributed by atoms with van der Waals surface area (Å²) in [5, 5.41) is 2.06. The molecule has 0 spiro atoms. The summed E-state index contributed by atoms with van der Waals surface area (Å²) in [7, 11) is 0. The zero-order valence-electron chi connectivity index (χ0n) is 15.2. The number of nitrogens with zero attached hydrogens (tertiary/aromatic N) is 1. The molecule has 3 aromatic carbocycles. The number of carbonyl (C=O) groups is 1. The van der Waals surface area contributed by atoms with E-state index in [1.807, 2.05) is 37.3 Å². The summed E-state index contributed by atoms with van der Waals surface area (Å²) in [5.41, 5.74) is 3.58. The Balaban J connectivity index is 1.84. The number of benzene rings is 3. The monoisotopic (exact) mass is 441 g/mol. The van der Waals surface area contributed by atoms with Crippen molar-refractivity contribution in [3.05, 3.63) is 92.9 Å². The zero-order chi connectivity index (χ0) is 20.5. The second-order valence-electron chi connectivity index (χ2n) is 6.50. The van der Waals surface area contributed by atoms with Gasteiger partial charge in [-0.05, 0) is 48.9 Å². The van der Waals surface area contributed by atoms with E-state index in [0.717, 1.165) is 16.6 Å². The number of aromatic nitrogens is 1. The predicted molar refractivity (Wildman–Crippen MR) is 118 cm³/mol. The van der Waals surface area contributed by atoms with Gasteiger partial charge in [0.1, 0.15) is 5.75 Å². The topological polar surface area (TPSA) is 39.2 Å². The van der Waals surface area contributed by atoms with Crippen molar-refractivity contribution in [2.24, 2.45) is 0 Å². The molecule has 6 heteroatoms. The molecule has 0 aliphatic rings. The molecule has 4 rings (SSSR count). The molecule has 0 saturated heterocycles. The molecular formula is C23H14Cl3NO2. The molecule has 1 aromatic heterocycles. The van der Waals surface area contributed by atoms with E-state index >= 15 is 0 Å². The molecular weight excluding hydrogens is 429 g/mol. The lowest BCUT2D eigenvalue weighted by molar-refractivity contribution is 0.0737. The molecule has 3 nitrogen and oxygen atoms in total. The Kier molecular flexibility index (Phi) is 5.46. The Morgan fingerprint density at radius 2 is 1.62 bits per heavy atom. The van der Waals surface area contributed by atoms with Crippen molar-refractivity contribution in [2.45, 2.75) is 6.92 Å². The van der Waals surface area contributed by atoms with Gasteiger partial charge in [0.15, 0.2) is 0 Å². The Labute approximate surface area is 182 Å². The minimum absolute atomic E-state index is 0.242. The number of hydrogen-bond acceptors (Lipinski definition) is 3. The predicted octanol–water partition coefficient (Wildman–Crippen LogP) is 7.39. The van der Waals surface area contributed by atoms with Crippen molar-refractivity contribution in [3.8, 4) is 17.0 Å². The van der Waals surface area contributed by atoms with Gasteiger partial charge >= 0.3 is 5.97 Å². The third kappa shape index (κ3) is 4.08. The van der Waals surface area contributed by atoms with Crippen LogP contribution in [0.15, 0.2) is 66.7 Å². The first-order chi connectivity index (χ1) is 13.9. The van der Waals surface area contributed by atoms with E-state index in [1.165, 1.54) is 6.07 Å². The lowest BCUT2D eigenvalue weighted by atomic mass is 10.0. The lowest BCUT2D eigenvalue weighted by Crippen LogP contribution is -2.10. The highest BCUT2D eigenvalue weighted by Crippen LogP contribution is 2.31. The van der Waals surface area contributed by atoms with Crippen molar-refractivity contribution in [3.63, 3.8) is 0 Å². The maximum absolute atomic E-state index is 13.1. The molecule has 0 amide bonds. The van der Waals surface area contributed by atoms with Gasteiger partial charge in [0, 0.05) is 21.0 Å². The molecule has 0 bridgehead atoms. The maximum atomic E-state index is 13.1. The fourth-order valence-electron chi connectivity index (χ4n) is 3.04. The minimum atomic E-state index is -0.526. The van der Waals surface area contributed by atoms with Gasteiger partial charge < -0.3 is 4.74 Å². The number of aryl methyl sites for hydroxylation is 1. The zero-order valence-corrected chi connectivity index (χ0v) is 17.5. The van der Waals surface area contributed by atoms with Gasteiger partial charge in [0.25, 0.3) is 0 Å². The number of esters is 1. The van der Waals surface area contributed by atoms with Crippen molar-refractivity contribution in [2.75, 3.05) is 0 Å². The summed E-state index contributed by atoms with van der Waals surface area (Å²) in [4.78, 5) is 17.8. The summed E-state index contributed by atoms with van der Waals surface area (Å²) in [6, 6.07) is 19.4. The van der Waals surface area contributed by atoms with Gasteiger partial charge in [0.2, 0.25) is 0 Å². The van der Waals surface area contributed by atoms with Crippen LogP contribution in [-0.2, 0) is 0 Å². The Bertz CT molecular complexity index is 1240. The molecule has 0 unspecified atom stereocenters. The van der Waals surface area contributed by atoms with Crippen LogP contribution in [0.5, 0.6) is 5.75 Å². The Hall–Kier alpha value is -2.59. The van der Waals surface area contributed by atoms with Crippen molar-refractivity contribution in [1.29, 1.82) is 0 Å². The van der Waals surface area contributed by atoms with E-state index in [4.69, 9.17) is 44.5 Å². The van der Waals surface area contributed by atoms with Crippen LogP contribution in [0.25, 0.3) is 22.2 Å². The van der Waals surface area contributed by atoms with Gasteiger partial charge in [-0.2, -0.15) is 0 Å². The maximum Gasteiger partial charge on any atom is 0.344 e. The summed E-state index contributed by atoms with van der Waals surface area (Å²) in [5.74, 6) is -0.283. The number of pyridine rings is 1. The first kappa shape index (κ1) is 19.7. The lowest BCUT2D eigenvalue weighted by Gasteiger charge is -2.12. The number of ether oxygens (including phenoxy) is 1. The molecule has 0 atom stereocenters. The van der Waals surface area contributed by atoms with E-state index in [2.05, 4.69) is 0 Å². The molecule has 1 heterocycles. The summed E-state index contributed by atoms with van der Waals surface area (Å²) in [6.07, 6.45) is 0. The molecule has 0 aliphatic carbocycles. The highest BCUT2D eigenvalue weighted by Gasteiger charge is 2.18.